The van der Waals surface area contributed by atoms with Crippen LogP contribution in [0.15, 0.2) is 0 Å². The van der Waals surface area contributed by atoms with E-state index in [0.717, 1.165) is 38.6 Å². The third-order valence-corrected chi connectivity index (χ3v) is 4.58. The minimum Gasteiger partial charge on any atom is -0.396 e. The molecule has 0 radical (unpaired) electrons. The van der Waals surface area contributed by atoms with E-state index < -0.39 is 0 Å². The van der Waals surface area contributed by atoms with Gasteiger partial charge in [-0.15, -0.1) is 0 Å². The maximum atomic E-state index is 12.1. The highest BCUT2D eigenvalue weighted by Gasteiger charge is 2.25. The molecule has 4 nitrogen and oxygen atoms in total. The zero-order valence-corrected chi connectivity index (χ0v) is 13.1. The van der Waals surface area contributed by atoms with Crippen molar-refractivity contribution < 1.29 is 9.90 Å². The van der Waals surface area contributed by atoms with Crippen LogP contribution < -0.4 is 11.1 Å². The molecule has 1 rings (SSSR count). The maximum Gasteiger partial charge on any atom is 0.222 e. The first-order valence-corrected chi connectivity index (χ1v) is 8.18. The number of hydrogen-bond acceptors (Lipinski definition) is 3. The summed E-state index contributed by atoms with van der Waals surface area (Å²) in [5.74, 6) is 1.04. The quantitative estimate of drug-likeness (QED) is 0.638. The molecule has 1 amide bonds. The predicted octanol–water partition coefficient (Wildman–Crippen LogP) is 2.05. The number of aliphatic hydroxyl groups is 1. The Balaban J connectivity index is 2.23. The van der Waals surface area contributed by atoms with Gasteiger partial charge in [0.1, 0.15) is 0 Å². The molecule has 0 bridgehead atoms. The number of nitrogens with one attached hydrogen (secondary N) is 1. The van der Waals surface area contributed by atoms with Crippen LogP contribution in [0.2, 0.25) is 0 Å². The van der Waals surface area contributed by atoms with Crippen LogP contribution in [0.3, 0.4) is 0 Å². The second-order valence-electron chi connectivity index (χ2n) is 6.54. The van der Waals surface area contributed by atoms with Crippen molar-refractivity contribution in [2.24, 2.45) is 23.5 Å². The van der Waals surface area contributed by atoms with Crippen molar-refractivity contribution in [3.05, 3.63) is 0 Å². The molecule has 1 aliphatic rings. The van der Waals surface area contributed by atoms with Crippen LogP contribution in [0.5, 0.6) is 0 Å². The van der Waals surface area contributed by atoms with Gasteiger partial charge in [-0.3, -0.25) is 4.79 Å². The summed E-state index contributed by atoms with van der Waals surface area (Å²) in [6, 6.07) is 0.220. The van der Waals surface area contributed by atoms with Crippen LogP contribution in [0.4, 0.5) is 0 Å². The Kier molecular flexibility index (Phi) is 8.15. The van der Waals surface area contributed by atoms with Gasteiger partial charge in [0.15, 0.2) is 0 Å². The Hall–Kier alpha value is -0.610. The highest BCUT2D eigenvalue weighted by Crippen LogP contribution is 2.29. The van der Waals surface area contributed by atoms with E-state index in [-0.39, 0.29) is 24.5 Å². The smallest absolute Gasteiger partial charge is 0.222 e. The number of amides is 1. The van der Waals surface area contributed by atoms with E-state index in [2.05, 4.69) is 5.32 Å². The molecule has 4 N–H and O–H groups in total. The van der Waals surface area contributed by atoms with Gasteiger partial charge in [0, 0.05) is 25.1 Å². The Morgan fingerprint density at radius 3 is 2.50 bits per heavy atom. The van der Waals surface area contributed by atoms with Crippen molar-refractivity contribution in [2.75, 3.05) is 13.2 Å². The first kappa shape index (κ1) is 17.4. The summed E-state index contributed by atoms with van der Waals surface area (Å²) in [4.78, 5) is 12.1. The van der Waals surface area contributed by atoms with Crippen molar-refractivity contribution in [3.63, 3.8) is 0 Å². The monoisotopic (exact) mass is 284 g/mol. The summed E-state index contributed by atoms with van der Waals surface area (Å²) in [7, 11) is 0. The normalized spacial score (nSPS) is 26.0. The lowest BCUT2D eigenvalue weighted by atomic mass is 9.79. The van der Waals surface area contributed by atoms with E-state index >= 15 is 0 Å². The minimum absolute atomic E-state index is 0.0601. The SMILES string of the molecule is CC(N)CCCC(C)C(=O)NCC1CCCCC1CO. The molecule has 4 atom stereocenters. The molecule has 4 unspecified atom stereocenters. The maximum absolute atomic E-state index is 12.1. The zero-order valence-electron chi connectivity index (χ0n) is 13.1. The molecule has 1 saturated carbocycles. The Labute approximate surface area is 123 Å². The number of aliphatic hydroxyl groups excluding tert-OH is 1. The number of nitrogens with two attached hydrogens (primary N) is 1. The third kappa shape index (κ3) is 6.23. The molecule has 118 valence electrons. The molecule has 0 aliphatic heterocycles. The number of rotatable bonds is 8. The average molecular weight is 284 g/mol. The average Bonchev–Trinajstić information content (AvgIpc) is 2.44. The van der Waals surface area contributed by atoms with Gasteiger partial charge in [0.2, 0.25) is 5.91 Å². The van der Waals surface area contributed by atoms with Gasteiger partial charge in [0.05, 0.1) is 0 Å². The van der Waals surface area contributed by atoms with Crippen LogP contribution >= 0.6 is 0 Å². The van der Waals surface area contributed by atoms with Gasteiger partial charge in [-0.2, -0.15) is 0 Å². The highest BCUT2D eigenvalue weighted by molar-refractivity contribution is 5.78. The van der Waals surface area contributed by atoms with Crippen molar-refractivity contribution >= 4 is 5.91 Å². The fourth-order valence-electron chi connectivity index (χ4n) is 3.08. The lowest BCUT2D eigenvalue weighted by Gasteiger charge is -2.30. The van der Waals surface area contributed by atoms with Gasteiger partial charge >= 0.3 is 0 Å². The zero-order chi connectivity index (χ0) is 15.0. The summed E-state index contributed by atoms with van der Waals surface area (Å²) < 4.78 is 0. The van der Waals surface area contributed by atoms with Gasteiger partial charge in [-0.25, -0.2) is 0 Å². The Morgan fingerprint density at radius 2 is 1.90 bits per heavy atom. The van der Waals surface area contributed by atoms with Gasteiger partial charge in [-0.05, 0) is 44.4 Å². The molecule has 0 spiro atoms. The van der Waals surface area contributed by atoms with E-state index in [1.54, 1.807) is 0 Å². The van der Waals surface area contributed by atoms with Crippen LogP contribution in [-0.2, 0) is 4.79 Å². The summed E-state index contributed by atoms with van der Waals surface area (Å²) in [6.45, 7) is 4.97. The molecule has 1 aliphatic carbocycles. The van der Waals surface area contributed by atoms with Crippen LogP contribution in [0, 0.1) is 17.8 Å². The van der Waals surface area contributed by atoms with E-state index in [0.29, 0.717) is 11.8 Å². The van der Waals surface area contributed by atoms with E-state index in [4.69, 9.17) is 5.73 Å². The molecule has 0 heterocycles. The standard InChI is InChI=1S/C16H32N2O2/c1-12(6-5-7-13(2)17)16(20)18-10-14-8-3-4-9-15(14)11-19/h12-15,19H,3-11,17H2,1-2H3,(H,18,20). The summed E-state index contributed by atoms with van der Waals surface area (Å²) >= 11 is 0. The number of hydrogen-bond donors (Lipinski definition) is 3. The van der Waals surface area contributed by atoms with Crippen LogP contribution in [0.25, 0.3) is 0 Å². The predicted molar refractivity (Wildman–Crippen MR) is 82.2 cm³/mol. The second kappa shape index (κ2) is 9.35. The third-order valence-electron chi connectivity index (χ3n) is 4.58. The largest absolute Gasteiger partial charge is 0.396 e. The first-order chi connectivity index (χ1) is 9.54. The molecule has 0 aromatic rings. The molecule has 0 saturated heterocycles. The second-order valence-corrected chi connectivity index (χ2v) is 6.54. The lowest BCUT2D eigenvalue weighted by molar-refractivity contribution is -0.125. The fraction of sp³-hybridized carbons (Fsp3) is 0.938. The summed E-state index contributed by atoms with van der Waals surface area (Å²) in [6.07, 6.45) is 7.55. The summed E-state index contributed by atoms with van der Waals surface area (Å²) in [5, 5.41) is 12.5. The molecule has 0 aromatic carbocycles. The molecule has 1 fully saturated rings. The molecule has 4 heteroatoms. The molecular formula is C16H32N2O2. The van der Waals surface area contributed by atoms with Gasteiger partial charge in [-0.1, -0.05) is 26.2 Å². The van der Waals surface area contributed by atoms with E-state index in [1.807, 2.05) is 13.8 Å². The van der Waals surface area contributed by atoms with Crippen molar-refractivity contribution in [3.8, 4) is 0 Å². The van der Waals surface area contributed by atoms with Gasteiger partial charge in [0.25, 0.3) is 0 Å². The molecule has 0 aromatic heterocycles. The summed E-state index contributed by atoms with van der Waals surface area (Å²) in [5.41, 5.74) is 5.72. The minimum atomic E-state index is 0.0601. The van der Waals surface area contributed by atoms with E-state index in [9.17, 15) is 9.90 Å². The first-order valence-electron chi connectivity index (χ1n) is 8.18. The number of carbonyl (C=O) groups excluding carboxylic acids is 1. The Morgan fingerprint density at radius 1 is 1.25 bits per heavy atom. The highest BCUT2D eigenvalue weighted by atomic mass is 16.3. The van der Waals surface area contributed by atoms with Crippen molar-refractivity contribution in [1.82, 2.24) is 5.32 Å². The van der Waals surface area contributed by atoms with E-state index in [1.165, 1.54) is 12.8 Å². The van der Waals surface area contributed by atoms with Crippen LogP contribution in [0.1, 0.15) is 58.8 Å². The lowest BCUT2D eigenvalue weighted by Crippen LogP contribution is -2.37. The molecular weight excluding hydrogens is 252 g/mol. The van der Waals surface area contributed by atoms with Crippen molar-refractivity contribution in [1.29, 1.82) is 0 Å². The Bertz CT molecular complexity index is 282. The van der Waals surface area contributed by atoms with Crippen molar-refractivity contribution in [2.45, 2.75) is 64.8 Å². The van der Waals surface area contributed by atoms with Gasteiger partial charge < -0.3 is 16.2 Å². The molecule has 20 heavy (non-hydrogen) atoms. The number of carbonyl (C=O) groups is 1. The fourth-order valence-corrected chi connectivity index (χ4v) is 3.08. The van der Waals surface area contributed by atoms with Crippen LogP contribution in [-0.4, -0.2) is 30.2 Å². The topological polar surface area (TPSA) is 75.4 Å².